The average molecular weight is 308 g/mol. The van der Waals surface area contributed by atoms with Gasteiger partial charge in [0.25, 0.3) is 0 Å². The Morgan fingerprint density at radius 2 is 1.64 bits per heavy atom. The maximum absolute atomic E-state index is 3.89. The third kappa shape index (κ3) is 5.11. The Morgan fingerprint density at radius 3 is 2.14 bits per heavy atom. The lowest BCUT2D eigenvalue weighted by atomic mass is 9.63. The van der Waals surface area contributed by atoms with E-state index in [1.807, 2.05) is 0 Å². The molecule has 1 aliphatic rings. The topological polar surface area (TPSA) is 3.24 Å². The van der Waals surface area contributed by atoms with Gasteiger partial charge in [-0.3, -0.25) is 0 Å². The Labute approximate surface area is 140 Å². The molecule has 1 atom stereocenters. The van der Waals surface area contributed by atoms with Crippen LogP contribution in [0.5, 0.6) is 0 Å². The maximum Gasteiger partial charge on any atom is 0.00952 e. The second-order valence-electron chi connectivity index (χ2n) is 9.23. The molecule has 130 valence electrons. The number of nitrogens with zero attached hydrogens (tertiary/aromatic N) is 1. The van der Waals surface area contributed by atoms with Crippen LogP contribution < -0.4 is 0 Å². The van der Waals surface area contributed by atoms with Gasteiger partial charge in [0.15, 0.2) is 0 Å². The van der Waals surface area contributed by atoms with Gasteiger partial charge in [-0.2, -0.15) is 0 Å². The van der Waals surface area contributed by atoms with Crippen molar-refractivity contribution >= 4 is 0 Å². The lowest BCUT2D eigenvalue weighted by molar-refractivity contribution is 0.0378. The van der Waals surface area contributed by atoms with Crippen molar-refractivity contribution in [2.24, 2.45) is 16.7 Å². The molecule has 0 saturated heterocycles. The first-order valence-electron chi connectivity index (χ1n) is 9.43. The molecule has 1 fully saturated rings. The first kappa shape index (κ1) is 19.7. The SMILES string of the molecule is C=CCCC(C)(C)C(C)(C)CC(C)N(C)C1CCC(C)CC1. The lowest BCUT2D eigenvalue weighted by Crippen LogP contribution is -2.45. The van der Waals surface area contributed by atoms with Crippen LogP contribution in [-0.4, -0.2) is 24.0 Å². The highest BCUT2D eigenvalue weighted by Crippen LogP contribution is 2.46. The van der Waals surface area contributed by atoms with Crippen LogP contribution in [-0.2, 0) is 0 Å². The fourth-order valence-corrected chi connectivity index (χ4v) is 3.97. The zero-order valence-electron chi connectivity index (χ0n) is 16.4. The Kier molecular flexibility index (Phi) is 7.18. The number of rotatable bonds is 8. The Balaban J connectivity index is 2.61. The van der Waals surface area contributed by atoms with Crippen molar-refractivity contribution in [3.63, 3.8) is 0 Å². The summed E-state index contributed by atoms with van der Waals surface area (Å²) in [6.07, 6.45) is 11.3. The van der Waals surface area contributed by atoms with Crippen molar-refractivity contribution in [2.45, 2.75) is 98.6 Å². The van der Waals surface area contributed by atoms with E-state index in [1.54, 1.807) is 0 Å². The van der Waals surface area contributed by atoms with E-state index in [9.17, 15) is 0 Å². The van der Waals surface area contributed by atoms with Crippen molar-refractivity contribution in [3.05, 3.63) is 12.7 Å². The van der Waals surface area contributed by atoms with Gasteiger partial charge >= 0.3 is 0 Å². The molecule has 0 aromatic heterocycles. The molecule has 1 unspecified atom stereocenters. The fourth-order valence-electron chi connectivity index (χ4n) is 3.97. The molecule has 0 amide bonds. The monoisotopic (exact) mass is 307 g/mol. The highest BCUT2D eigenvalue weighted by Gasteiger charge is 2.38. The van der Waals surface area contributed by atoms with Crippen molar-refractivity contribution in [2.75, 3.05) is 7.05 Å². The molecule has 1 nitrogen and oxygen atoms in total. The minimum Gasteiger partial charge on any atom is -0.301 e. The maximum atomic E-state index is 3.89. The van der Waals surface area contributed by atoms with E-state index >= 15 is 0 Å². The third-order valence-corrected chi connectivity index (χ3v) is 6.87. The van der Waals surface area contributed by atoms with Crippen molar-refractivity contribution < 1.29 is 0 Å². The standard InChI is InChI=1S/C21H41N/c1-9-10-15-20(4,5)21(6,7)16-18(3)22(8)19-13-11-17(2)12-14-19/h9,17-19H,1,10-16H2,2-8H3. The summed E-state index contributed by atoms with van der Waals surface area (Å²) in [4.78, 5) is 2.68. The second-order valence-corrected chi connectivity index (χ2v) is 9.23. The molecule has 0 bridgehead atoms. The first-order valence-corrected chi connectivity index (χ1v) is 9.43. The van der Waals surface area contributed by atoms with E-state index < -0.39 is 0 Å². The summed E-state index contributed by atoms with van der Waals surface area (Å²) < 4.78 is 0. The van der Waals surface area contributed by atoms with Crippen LogP contribution in [0.4, 0.5) is 0 Å². The van der Waals surface area contributed by atoms with Crippen LogP contribution in [0.1, 0.15) is 86.5 Å². The molecule has 0 radical (unpaired) electrons. The van der Waals surface area contributed by atoms with Crippen LogP contribution in [0, 0.1) is 16.7 Å². The normalized spacial score (nSPS) is 25.3. The van der Waals surface area contributed by atoms with Gasteiger partial charge in [-0.1, -0.05) is 40.7 Å². The van der Waals surface area contributed by atoms with Crippen molar-refractivity contribution in [1.82, 2.24) is 4.90 Å². The smallest absolute Gasteiger partial charge is 0.00952 e. The zero-order chi connectivity index (χ0) is 17.0. The predicted molar refractivity (Wildman–Crippen MR) is 100 cm³/mol. The summed E-state index contributed by atoms with van der Waals surface area (Å²) in [5.41, 5.74) is 0.711. The zero-order valence-corrected chi connectivity index (χ0v) is 16.4. The summed E-state index contributed by atoms with van der Waals surface area (Å²) >= 11 is 0. The summed E-state index contributed by atoms with van der Waals surface area (Å²) in [5, 5.41) is 0. The van der Waals surface area contributed by atoms with Gasteiger partial charge < -0.3 is 4.90 Å². The minimum atomic E-state index is 0.353. The van der Waals surface area contributed by atoms with Crippen LogP contribution in [0.3, 0.4) is 0 Å². The Bertz CT molecular complexity index is 334. The van der Waals surface area contributed by atoms with E-state index in [-0.39, 0.29) is 0 Å². The summed E-state index contributed by atoms with van der Waals surface area (Å²) in [5.74, 6) is 0.939. The summed E-state index contributed by atoms with van der Waals surface area (Å²) in [6.45, 7) is 18.5. The highest BCUT2D eigenvalue weighted by atomic mass is 15.2. The lowest BCUT2D eigenvalue weighted by Gasteiger charge is -2.46. The largest absolute Gasteiger partial charge is 0.301 e. The fraction of sp³-hybridized carbons (Fsp3) is 0.905. The van der Waals surface area contributed by atoms with Gasteiger partial charge in [0.05, 0.1) is 0 Å². The van der Waals surface area contributed by atoms with Crippen LogP contribution in [0.25, 0.3) is 0 Å². The molecule has 22 heavy (non-hydrogen) atoms. The molecule has 1 aliphatic carbocycles. The molecular weight excluding hydrogens is 266 g/mol. The van der Waals surface area contributed by atoms with Gasteiger partial charge in [-0.15, -0.1) is 6.58 Å². The predicted octanol–water partition coefficient (Wildman–Crippen LogP) is 6.29. The van der Waals surface area contributed by atoms with Gasteiger partial charge in [-0.25, -0.2) is 0 Å². The average Bonchev–Trinajstić information content (AvgIpc) is 2.44. The summed E-state index contributed by atoms with van der Waals surface area (Å²) in [7, 11) is 2.36. The molecule has 1 rings (SSSR count). The van der Waals surface area contributed by atoms with E-state index in [4.69, 9.17) is 0 Å². The molecule has 0 heterocycles. The van der Waals surface area contributed by atoms with Crippen LogP contribution in [0.2, 0.25) is 0 Å². The van der Waals surface area contributed by atoms with Crippen molar-refractivity contribution in [3.8, 4) is 0 Å². The first-order chi connectivity index (χ1) is 10.1. The van der Waals surface area contributed by atoms with Gasteiger partial charge in [0.1, 0.15) is 0 Å². The molecular formula is C21H41N. The van der Waals surface area contributed by atoms with Crippen molar-refractivity contribution in [1.29, 1.82) is 0 Å². The molecule has 0 aliphatic heterocycles. The van der Waals surface area contributed by atoms with Gasteiger partial charge in [-0.05, 0) is 75.7 Å². The number of hydrogen-bond acceptors (Lipinski definition) is 1. The Hall–Kier alpha value is -0.300. The summed E-state index contributed by atoms with van der Waals surface area (Å²) in [6, 6.07) is 1.47. The van der Waals surface area contributed by atoms with Crippen LogP contribution >= 0.6 is 0 Å². The third-order valence-electron chi connectivity index (χ3n) is 6.87. The van der Waals surface area contributed by atoms with E-state index in [2.05, 4.69) is 66.1 Å². The van der Waals surface area contributed by atoms with E-state index in [0.29, 0.717) is 16.9 Å². The molecule has 0 spiro atoms. The number of allylic oxidation sites excluding steroid dienone is 1. The molecule has 1 heteroatoms. The van der Waals surface area contributed by atoms with E-state index in [0.717, 1.165) is 18.4 Å². The molecule has 0 aromatic carbocycles. The second kappa shape index (κ2) is 7.99. The highest BCUT2D eigenvalue weighted by molar-refractivity contribution is 4.91. The molecule has 0 aromatic rings. The molecule has 1 saturated carbocycles. The van der Waals surface area contributed by atoms with Gasteiger partial charge in [0.2, 0.25) is 0 Å². The number of hydrogen-bond donors (Lipinski definition) is 0. The minimum absolute atomic E-state index is 0.353. The van der Waals surface area contributed by atoms with Gasteiger partial charge in [0, 0.05) is 12.1 Å². The Morgan fingerprint density at radius 1 is 1.09 bits per heavy atom. The molecule has 0 N–H and O–H groups in total. The van der Waals surface area contributed by atoms with Crippen LogP contribution in [0.15, 0.2) is 12.7 Å². The quantitative estimate of drug-likeness (QED) is 0.476. The van der Waals surface area contributed by atoms with E-state index in [1.165, 1.54) is 38.5 Å².